The molecule has 1 aliphatic heterocycles. The predicted octanol–water partition coefficient (Wildman–Crippen LogP) is 2.51. The van der Waals surface area contributed by atoms with Crippen molar-refractivity contribution in [3.05, 3.63) is 35.9 Å². The molecular weight excluding hydrogens is 224 g/mol. The lowest BCUT2D eigenvalue weighted by Crippen LogP contribution is -2.30. The van der Waals surface area contributed by atoms with Crippen molar-refractivity contribution in [2.45, 2.75) is 25.7 Å². The van der Waals surface area contributed by atoms with Crippen LogP contribution < -0.4 is 10.6 Å². The van der Waals surface area contributed by atoms with Gasteiger partial charge >= 0.3 is 0 Å². The van der Waals surface area contributed by atoms with Gasteiger partial charge in [-0.3, -0.25) is 4.79 Å². The minimum atomic E-state index is 0.211. The summed E-state index contributed by atoms with van der Waals surface area (Å²) in [6.45, 7) is 0.777. The monoisotopic (exact) mass is 242 g/mol. The molecular formula is C15H18N2O. The molecule has 0 spiro atoms. The normalized spacial score (nSPS) is 21.3. The van der Waals surface area contributed by atoms with Crippen molar-refractivity contribution in [2.24, 2.45) is 5.92 Å². The Bertz CT molecular complexity index is 507. The first-order chi connectivity index (χ1) is 8.75. The highest BCUT2D eigenvalue weighted by Crippen LogP contribution is 2.34. The van der Waals surface area contributed by atoms with Crippen molar-refractivity contribution in [1.82, 2.24) is 0 Å². The average molecular weight is 242 g/mol. The lowest BCUT2D eigenvalue weighted by atomic mass is 10.0. The number of amides is 1. The summed E-state index contributed by atoms with van der Waals surface area (Å²) >= 11 is 0. The minimum absolute atomic E-state index is 0.211. The van der Waals surface area contributed by atoms with E-state index in [0.717, 1.165) is 37.2 Å². The molecule has 94 valence electrons. The van der Waals surface area contributed by atoms with Gasteiger partial charge in [0.25, 0.3) is 0 Å². The predicted molar refractivity (Wildman–Crippen MR) is 73.4 cm³/mol. The molecule has 18 heavy (non-hydrogen) atoms. The minimum Gasteiger partial charge on any atom is -0.397 e. The van der Waals surface area contributed by atoms with Crippen LogP contribution in [0.4, 0.5) is 11.4 Å². The molecule has 0 saturated heterocycles. The van der Waals surface area contributed by atoms with E-state index in [4.69, 9.17) is 5.73 Å². The van der Waals surface area contributed by atoms with Crippen LogP contribution in [-0.2, 0) is 11.2 Å². The molecule has 1 aliphatic carbocycles. The fraction of sp³-hybridized carbons (Fsp3) is 0.400. The van der Waals surface area contributed by atoms with Crippen molar-refractivity contribution in [3.63, 3.8) is 0 Å². The standard InChI is InChI=1S/C15H18N2O/c16-13-7-3-6-12-8-9-17(15(12)13)14(18)10-11-4-1-2-5-11/h1,3-4,6-7,11H,2,5,8-10,16H2. The molecule has 0 aromatic heterocycles. The van der Waals surface area contributed by atoms with Crippen molar-refractivity contribution < 1.29 is 4.79 Å². The Morgan fingerprint density at radius 2 is 2.33 bits per heavy atom. The summed E-state index contributed by atoms with van der Waals surface area (Å²) in [4.78, 5) is 14.2. The summed E-state index contributed by atoms with van der Waals surface area (Å²) in [7, 11) is 0. The van der Waals surface area contributed by atoms with Crippen LogP contribution in [-0.4, -0.2) is 12.5 Å². The van der Waals surface area contributed by atoms with Crippen LogP contribution in [0.25, 0.3) is 0 Å². The highest BCUT2D eigenvalue weighted by Gasteiger charge is 2.27. The van der Waals surface area contributed by atoms with Gasteiger partial charge in [0, 0.05) is 13.0 Å². The van der Waals surface area contributed by atoms with E-state index in [1.54, 1.807) is 0 Å². The number of carbonyl (C=O) groups is 1. The second kappa shape index (κ2) is 4.48. The largest absolute Gasteiger partial charge is 0.397 e. The second-order valence-corrected chi connectivity index (χ2v) is 5.12. The molecule has 2 aliphatic rings. The van der Waals surface area contributed by atoms with Crippen LogP contribution in [0.15, 0.2) is 30.4 Å². The quantitative estimate of drug-likeness (QED) is 0.640. The first kappa shape index (κ1) is 11.3. The number of anilines is 2. The number of benzene rings is 1. The number of rotatable bonds is 2. The van der Waals surface area contributed by atoms with Crippen LogP contribution in [0, 0.1) is 5.92 Å². The zero-order valence-corrected chi connectivity index (χ0v) is 10.4. The van der Waals surface area contributed by atoms with Gasteiger partial charge in [0.2, 0.25) is 5.91 Å². The number of hydrogen-bond donors (Lipinski definition) is 1. The maximum Gasteiger partial charge on any atom is 0.227 e. The average Bonchev–Trinajstić information content (AvgIpc) is 2.97. The Labute approximate surface area is 107 Å². The van der Waals surface area contributed by atoms with E-state index < -0.39 is 0 Å². The number of carbonyl (C=O) groups excluding carboxylic acids is 1. The molecule has 1 amide bonds. The van der Waals surface area contributed by atoms with E-state index in [0.29, 0.717) is 12.3 Å². The van der Waals surface area contributed by atoms with Crippen molar-refractivity contribution in [3.8, 4) is 0 Å². The zero-order chi connectivity index (χ0) is 12.5. The van der Waals surface area contributed by atoms with Crippen LogP contribution in [0.5, 0.6) is 0 Å². The lowest BCUT2D eigenvalue weighted by molar-refractivity contribution is -0.119. The Morgan fingerprint density at radius 3 is 3.11 bits per heavy atom. The number of allylic oxidation sites excluding steroid dienone is 2. The van der Waals surface area contributed by atoms with Gasteiger partial charge < -0.3 is 10.6 Å². The Morgan fingerprint density at radius 1 is 1.44 bits per heavy atom. The lowest BCUT2D eigenvalue weighted by Gasteiger charge is -2.20. The smallest absolute Gasteiger partial charge is 0.227 e. The van der Waals surface area contributed by atoms with Gasteiger partial charge in [0.1, 0.15) is 0 Å². The fourth-order valence-electron chi connectivity index (χ4n) is 2.94. The number of nitrogens with zero attached hydrogens (tertiary/aromatic N) is 1. The van der Waals surface area contributed by atoms with Gasteiger partial charge in [-0.15, -0.1) is 0 Å². The maximum absolute atomic E-state index is 12.4. The summed E-state index contributed by atoms with van der Waals surface area (Å²) in [6, 6.07) is 5.90. The summed E-state index contributed by atoms with van der Waals surface area (Å²) in [5.41, 5.74) is 8.87. The Hall–Kier alpha value is -1.77. The van der Waals surface area contributed by atoms with E-state index in [9.17, 15) is 4.79 Å². The van der Waals surface area contributed by atoms with Crippen LogP contribution in [0.1, 0.15) is 24.8 Å². The molecule has 0 saturated carbocycles. The molecule has 0 fully saturated rings. The van der Waals surface area contributed by atoms with Gasteiger partial charge in [-0.05, 0) is 36.8 Å². The second-order valence-electron chi connectivity index (χ2n) is 5.12. The van der Waals surface area contributed by atoms with Crippen LogP contribution in [0.3, 0.4) is 0 Å². The van der Waals surface area contributed by atoms with Crippen LogP contribution in [0.2, 0.25) is 0 Å². The summed E-state index contributed by atoms with van der Waals surface area (Å²) in [5.74, 6) is 0.634. The van der Waals surface area contributed by atoms with Gasteiger partial charge in [-0.2, -0.15) is 0 Å². The molecule has 3 nitrogen and oxygen atoms in total. The SMILES string of the molecule is Nc1cccc2c1N(C(=O)CC1C=CCC1)CC2. The van der Waals surface area contributed by atoms with Crippen molar-refractivity contribution in [2.75, 3.05) is 17.2 Å². The van der Waals surface area contributed by atoms with Crippen LogP contribution >= 0.6 is 0 Å². The maximum atomic E-state index is 12.4. The van der Waals surface area contributed by atoms with E-state index in [2.05, 4.69) is 18.2 Å². The number of para-hydroxylation sites is 1. The Balaban J connectivity index is 1.79. The highest BCUT2D eigenvalue weighted by atomic mass is 16.2. The summed E-state index contributed by atoms with van der Waals surface area (Å²) in [5, 5.41) is 0. The van der Waals surface area contributed by atoms with Crippen molar-refractivity contribution >= 4 is 17.3 Å². The van der Waals surface area contributed by atoms with E-state index in [-0.39, 0.29) is 5.91 Å². The topological polar surface area (TPSA) is 46.3 Å². The number of nitrogens with two attached hydrogens (primary N) is 1. The van der Waals surface area contributed by atoms with E-state index in [1.165, 1.54) is 5.56 Å². The first-order valence-corrected chi connectivity index (χ1v) is 6.60. The van der Waals surface area contributed by atoms with Gasteiger partial charge in [-0.25, -0.2) is 0 Å². The summed E-state index contributed by atoms with van der Waals surface area (Å²) in [6.07, 6.45) is 8.09. The molecule has 1 heterocycles. The zero-order valence-electron chi connectivity index (χ0n) is 10.4. The third-order valence-electron chi connectivity index (χ3n) is 3.88. The van der Waals surface area contributed by atoms with E-state index >= 15 is 0 Å². The molecule has 0 bridgehead atoms. The molecule has 1 atom stereocenters. The molecule has 1 aromatic rings. The first-order valence-electron chi connectivity index (χ1n) is 6.60. The fourth-order valence-corrected chi connectivity index (χ4v) is 2.94. The third kappa shape index (κ3) is 1.90. The molecule has 0 radical (unpaired) electrons. The van der Waals surface area contributed by atoms with Gasteiger partial charge in [-0.1, -0.05) is 24.3 Å². The molecule has 3 rings (SSSR count). The molecule has 2 N–H and O–H groups in total. The number of hydrogen-bond acceptors (Lipinski definition) is 2. The number of fused-ring (bicyclic) bond motifs is 1. The van der Waals surface area contributed by atoms with E-state index in [1.807, 2.05) is 17.0 Å². The number of nitrogen functional groups attached to an aromatic ring is 1. The molecule has 3 heteroatoms. The van der Waals surface area contributed by atoms with Gasteiger partial charge in [0.05, 0.1) is 11.4 Å². The van der Waals surface area contributed by atoms with Crippen molar-refractivity contribution in [1.29, 1.82) is 0 Å². The van der Waals surface area contributed by atoms with Gasteiger partial charge in [0.15, 0.2) is 0 Å². The third-order valence-corrected chi connectivity index (χ3v) is 3.88. The summed E-state index contributed by atoms with van der Waals surface area (Å²) < 4.78 is 0. The Kier molecular flexibility index (Phi) is 2.82. The molecule has 1 aromatic carbocycles. The molecule has 1 unspecified atom stereocenters. The highest BCUT2D eigenvalue weighted by molar-refractivity contribution is 5.99.